The third kappa shape index (κ3) is 7.81. The van der Waals surface area contributed by atoms with Crippen LogP contribution in [-0.4, -0.2) is 67.5 Å². The fourth-order valence-corrected chi connectivity index (χ4v) is 6.50. The fourth-order valence-electron chi connectivity index (χ4n) is 6.50. The van der Waals surface area contributed by atoms with Crippen molar-refractivity contribution in [2.75, 3.05) is 37.6 Å². The quantitative estimate of drug-likeness (QED) is 0.435. The predicted molar refractivity (Wildman–Crippen MR) is 160 cm³/mol. The smallest absolute Gasteiger partial charge is 0.251 e. The average Bonchev–Trinajstić information content (AvgIpc) is 3.39. The summed E-state index contributed by atoms with van der Waals surface area (Å²) in [6, 6.07) is 11.3. The lowest BCUT2D eigenvalue weighted by Crippen LogP contribution is -2.49. The normalized spacial score (nSPS) is 18.3. The number of amides is 3. The Labute approximate surface area is 248 Å². The number of carbonyl (C=O) groups excluding carboxylic acids is 3. The van der Waals surface area contributed by atoms with Gasteiger partial charge in [0.25, 0.3) is 5.91 Å². The van der Waals surface area contributed by atoms with E-state index < -0.39 is 6.04 Å². The minimum Gasteiger partial charge on any atom is -0.490 e. The van der Waals surface area contributed by atoms with Crippen LogP contribution in [0.5, 0.6) is 5.75 Å². The van der Waals surface area contributed by atoms with Crippen LogP contribution >= 0.6 is 0 Å². The number of halogens is 1. The standard InChI is InChI=1S/C33H43FN4O4/c1-23(39)37-18-14-29(15-19-37)42-28-10-7-25(8-11-28)32(40)36-30(21-24-5-3-2-4-6-24)33(41)35-16-20-38-17-13-26-22-27(34)9-12-31(26)38/h7-12,22,24,29-30H,2-6,13-21H2,1H3,(H,35,41)(H,36,40). The Morgan fingerprint density at radius 2 is 1.71 bits per heavy atom. The lowest BCUT2D eigenvalue weighted by atomic mass is 9.84. The average molecular weight is 579 g/mol. The highest BCUT2D eigenvalue weighted by Gasteiger charge is 2.27. The third-order valence-corrected chi connectivity index (χ3v) is 8.94. The summed E-state index contributed by atoms with van der Waals surface area (Å²) in [5, 5.41) is 6.06. The van der Waals surface area contributed by atoms with Crippen LogP contribution in [-0.2, 0) is 16.0 Å². The monoisotopic (exact) mass is 578 g/mol. The molecule has 1 saturated heterocycles. The van der Waals surface area contributed by atoms with Gasteiger partial charge in [0.15, 0.2) is 0 Å². The van der Waals surface area contributed by atoms with E-state index in [1.807, 2.05) is 4.90 Å². The first-order valence-electron chi connectivity index (χ1n) is 15.5. The van der Waals surface area contributed by atoms with Crippen molar-refractivity contribution in [1.82, 2.24) is 15.5 Å². The molecule has 0 aromatic heterocycles. The number of rotatable bonds is 10. The Morgan fingerprint density at radius 1 is 0.976 bits per heavy atom. The summed E-state index contributed by atoms with van der Waals surface area (Å²) < 4.78 is 19.7. The molecule has 0 radical (unpaired) electrons. The van der Waals surface area contributed by atoms with E-state index in [1.165, 1.54) is 12.5 Å². The van der Waals surface area contributed by atoms with Crippen molar-refractivity contribution < 1.29 is 23.5 Å². The first kappa shape index (κ1) is 29.9. The van der Waals surface area contributed by atoms with E-state index in [0.717, 1.165) is 62.7 Å². The number of fused-ring (bicyclic) bond motifs is 1. The lowest BCUT2D eigenvalue weighted by molar-refractivity contribution is -0.130. The summed E-state index contributed by atoms with van der Waals surface area (Å²) >= 11 is 0. The topological polar surface area (TPSA) is 91.0 Å². The number of ether oxygens (including phenoxy) is 1. The van der Waals surface area contributed by atoms with Gasteiger partial charge in [-0.25, -0.2) is 4.39 Å². The maximum absolute atomic E-state index is 13.6. The molecule has 2 N–H and O–H groups in total. The van der Waals surface area contributed by atoms with Gasteiger partial charge < -0.3 is 25.2 Å². The van der Waals surface area contributed by atoms with Gasteiger partial charge in [-0.1, -0.05) is 32.1 Å². The Kier molecular flexibility index (Phi) is 9.97. The molecule has 0 spiro atoms. The second-order valence-corrected chi connectivity index (χ2v) is 11.9. The molecule has 226 valence electrons. The summed E-state index contributed by atoms with van der Waals surface area (Å²) in [5.41, 5.74) is 2.50. The number of piperidine rings is 1. The van der Waals surface area contributed by atoms with Crippen molar-refractivity contribution >= 4 is 23.4 Å². The van der Waals surface area contributed by atoms with Crippen molar-refractivity contribution in [3.8, 4) is 5.75 Å². The van der Waals surface area contributed by atoms with E-state index in [2.05, 4.69) is 15.5 Å². The van der Waals surface area contributed by atoms with Crippen LogP contribution in [0.1, 0.15) is 74.2 Å². The molecule has 2 aliphatic heterocycles. The van der Waals surface area contributed by atoms with Crippen molar-refractivity contribution in [2.24, 2.45) is 5.92 Å². The van der Waals surface area contributed by atoms with Crippen LogP contribution in [0.4, 0.5) is 10.1 Å². The molecule has 2 heterocycles. The van der Waals surface area contributed by atoms with Gasteiger partial charge in [-0.05, 0) is 66.8 Å². The molecule has 2 aromatic rings. The van der Waals surface area contributed by atoms with Crippen LogP contribution in [0.3, 0.4) is 0 Å². The summed E-state index contributed by atoms with van der Waals surface area (Å²) in [6.07, 6.45) is 8.74. The van der Waals surface area contributed by atoms with Crippen LogP contribution in [0.25, 0.3) is 0 Å². The molecule has 42 heavy (non-hydrogen) atoms. The van der Waals surface area contributed by atoms with Gasteiger partial charge in [0.05, 0.1) is 0 Å². The molecule has 2 fully saturated rings. The third-order valence-electron chi connectivity index (χ3n) is 8.94. The highest BCUT2D eigenvalue weighted by molar-refractivity contribution is 5.97. The number of anilines is 1. The predicted octanol–water partition coefficient (Wildman–Crippen LogP) is 4.46. The zero-order valence-electron chi connectivity index (χ0n) is 24.6. The lowest BCUT2D eigenvalue weighted by Gasteiger charge is -2.31. The van der Waals surface area contributed by atoms with E-state index >= 15 is 0 Å². The largest absolute Gasteiger partial charge is 0.490 e. The van der Waals surface area contributed by atoms with Crippen molar-refractivity contribution in [2.45, 2.75) is 76.9 Å². The minimum absolute atomic E-state index is 0.0408. The first-order valence-corrected chi connectivity index (χ1v) is 15.5. The van der Waals surface area contributed by atoms with E-state index in [-0.39, 0.29) is 29.6 Å². The number of hydrogen-bond acceptors (Lipinski definition) is 5. The van der Waals surface area contributed by atoms with Gasteiger partial charge in [-0.15, -0.1) is 0 Å². The SMILES string of the molecule is CC(=O)N1CCC(Oc2ccc(C(=O)NC(CC3CCCCC3)C(=O)NCCN3CCc4cc(F)ccc43)cc2)CC1. The summed E-state index contributed by atoms with van der Waals surface area (Å²) in [7, 11) is 0. The van der Waals surface area contributed by atoms with E-state index in [4.69, 9.17) is 4.74 Å². The number of nitrogens with zero attached hydrogens (tertiary/aromatic N) is 2. The minimum atomic E-state index is -0.608. The Balaban J connectivity index is 1.15. The number of benzene rings is 2. The molecule has 0 bridgehead atoms. The highest BCUT2D eigenvalue weighted by Crippen LogP contribution is 2.29. The van der Waals surface area contributed by atoms with Crippen molar-refractivity contribution in [1.29, 1.82) is 0 Å². The van der Waals surface area contributed by atoms with E-state index in [9.17, 15) is 18.8 Å². The second kappa shape index (κ2) is 14.0. The highest BCUT2D eigenvalue weighted by atomic mass is 19.1. The van der Waals surface area contributed by atoms with Crippen molar-refractivity contribution in [3.05, 3.63) is 59.4 Å². The van der Waals surface area contributed by atoms with Crippen molar-refractivity contribution in [3.63, 3.8) is 0 Å². The molecule has 1 aliphatic carbocycles. The zero-order valence-corrected chi connectivity index (χ0v) is 24.6. The molecule has 2 aromatic carbocycles. The van der Waals surface area contributed by atoms with E-state index in [1.54, 1.807) is 43.3 Å². The molecule has 8 nitrogen and oxygen atoms in total. The molecule has 1 saturated carbocycles. The number of likely N-dealkylation sites (tertiary alicyclic amines) is 1. The van der Waals surface area contributed by atoms with Gasteiger partial charge in [-0.2, -0.15) is 0 Å². The van der Waals surface area contributed by atoms with Gasteiger partial charge in [0.1, 0.15) is 23.7 Å². The molecule has 5 rings (SSSR count). The molecule has 3 amide bonds. The number of nitrogens with one attached hydrogen (secondary N) is 2. The number of carbonyl (C=O) groups is 3. The van der Waals surface area contributed by atoms with Crippen LogP contribution in [0.15, 0.2) is 42.5 Å². The molecular weight excluding hydrogens is 535 g/mol. The van der Waals surface area contributed by atoms with Crippen LogP contribution < -0.4 is 20.3 Å². The summed E-state index contributed by atoms with van der Waals surface area (Å²) in [6.45, 7) is 4.85. The van der Waals surface area contributed by atoms with Gasteiger partial charge in [0, 0.05) is 63.7 Å². The van der Waals surface area contributed by atoms with Gasteiger partial charge in [-0.3, -0.25) is 14.4 Å². The fraction of sp³-hybridized carbons (Fsp3) is 0.545. The van der Waals surface area contributed by atoms with Gasteiger partial charge in [0.2, 0.25) is 11.8 Å². The molecular formula is C33H43FN4O4. The summed E-state index contributed by atoms with van der Waals surface area (Å²) in [4.78, 5) is 42.2. The van der Waals surface area contributed by atoms with Gasteiger partial charge >= 0.3 is 0 Å². The Morgan fingerprint density at radius 3 is 2.43 bits per heavy atom. The molecule has 3 aliphatic rings. The first-order chi connectivity index (χ1) is 20.4. The van der Waals surface area contributed by atoms with Crippen LogP contribution in [0.2, 0.25) is 0 Å². The van der Waals surface area contributed by atoms with E-state index in [0.29, 0.717) is 49.8 Å². The van der Waals surface area contributed by atoms with Crippen LogP contribution in [0, 0.1) is 11.7 Å². The summed E-state index contributed by atoms with van der Waals surface area (Å²) in [5.74, 6) is 0.538. The number of hydrogen-bond donors (Lipinski definition) is 2. The maximum Gasteiger partial charge on any atom is 0.251 e. The molecule has 9 heteroatoms. The maximum atomic E-state index is 13.6. The zero-order chi connectivity index (χ0) is 29.5. The molecule has 1 atom stereocenters. The Hall–Kier alpha value is -3.62. The Bertz CT molecular complexity index is 1240. The molecule has 1 unspecified atom stereocenters. The second-order valence-electron chi connectivity index (χ2n) is 11.9.